The zero-order valence-electron chi connectivity index (χ0n) is 13.8. The van der Waals surface area contributed by atoms with Crippen LogP contribution in [0.2, 0.25) is 0 Å². The van der Waals surface area contributed by atoms with Gasteiger partial charge in [-0.3, -0.25) is 14.4 Å². The van der Waals surface area contributed by atoms with Crippen molar-refractivity contribution in [3.8, 4) is 0 Å². The van der Waals surface area contributed by atoms with Gasteiger partial charge in [0.05, 0.1) is 18.7 Å². The molecule has 1 unspecified atom stereocenters. The van der Waals surface area contributed by atoms with E-state index in [1.165, 1.54) is 6.92 Å². The maximum Gasteiger partial charge on any atom is 0.227 e. The predicted octanol–water partition coefficient (Wildman–Crippen LogP) is 1.91. The van der Waals surface area contributed by atoms with Gasteiger partial charge >= 0.3 is 0 Å². The molecule has 1 atom stereocenters. The summed E-state index contributed by atoms with van der Waals surface area (Å²) in [5, 5.41) is 5.48. The molecule has 1 aliphatic heterocycles. The number of anilines is 2. The third-order valence-electron chi connectivity index (χ3n) is 3.99. The molecular weight excluding hydrogens is 322 g/mol. The average Bonchev–Trinajstić information content (AvgIpc) is 3.21. The Hall–Kier alpha value is -3.09. The summed E-state index contributed by atoms with van der Waals surface area (Å²) >= 11 is 0. The van der Waals surface area contributed by atoms with E-state index in [0.29, 0.717) is 30.2 Å². The quantitative estimate of drug-likeness (QED) is 0.869. The lowest BCUT2D eigenvalue weighted by atomic mass is 10.1. The molecule has 1 aromatic heterocycles. The summed E-state index contributed by atoms with van der Waals surface area (Å²) in [4.78, 5) is 37.3. The first-order valence-electron chi connectivity index (χ1n) is 8.01. The number of furan rings is 1. The molecule has 1 aromatic carbocycles. The minimum atomic E-state index is -0.410. The molecule has 0 aliphatic carbocycles. The van der Waals surface area contributed by atoms with E-state index in [0.717, 1.165) is 0 Å². The van der Waals surface area contributed by atoms with Gasteiger partial charge in [-0.1, -0.05) is 6.07 Å². The van der Waals surface area contributed by atoms with Gasteiger partial charge in [-0.15, -0.1) is 0 Å². The van der Waals surface area contributed by atoms with Crippen molar-refractivity contribution in [2.24, 2.45) is 5.92 Å². The van der Waals surface area contributed by atoms with Crippen LogP contribution in [0.3, 0.4) is 0 Å². The minimum absolute atomic E-state index is 0.113. The van der Waals surface area contributed by atoms with Crippen LogP contribution in [0.4, 0.5) is 11.4 Å². The third-order valence-corrected chi connectivity index (χ3v) is 3.99. The molecule has 2 N–H and O–H groups in total. The van der Waals surface area contributed by atoms with Crippen molar-refractivity contribution in [2.45, 2.75) is 19.9 Å². The highest BCUT2D eigenvalue weighted by atomic mass is 16.3. The zero-order valence-corrected chi connectivity index (χ0v) is 13.8. The van der Waals surface area contributed by atoms with Gasteiger partial charge in [0.1, 0.15) is 5.76 Å². The van der Waals surface area contributed by atoms with Crippen LogP contribution in [0, 0.1) is 5.92 Å². The van der Waals surface area contributed by atoms with Gasteiger partial charge in [-0.05, 0) is 30.3 Å². The summed E-state index contributed by atoms with van der Waals surface area (Å²) in [5.74, 6) is -0.215. The molecule has 25 heavy (non-hydrogen) atoms. The molecule has 2 aromatic rings. The molecule has 1 fully saturated rings. The molecule has 0 bridgehead atoms. The standard InChI is InChI=1S/C18H19N3O4/c1-12(22)20-14-4-2-5-15(9-14)21-11-13(8-17(21)23)18(24)19-10-16-6-3-7-25-16/h2-7,9,13H,8,10-11H2,1H3,(H,19,24)(H,20,22). The number of carbonyl (C=O) groups is 3. The molecule has 1 saturated heterocycles. The lowest BCUT2D eigenvalue weighted by molar-refractivity contribution is -0.126. The first kappa shape index (κ1) is 16.8. The minimum Gasteiger partial charge on any atom is -0.467 e. The van der Waals surface area contributed by atoms with Crippen molar-refractivity contribution in [3.05, 3.63) is 48.4 Å². The number of rotatable bonds is 5. The topological polar surface area (TPSA) is 91.7 Å². The Morgan fingerprint density at radius 2 is 2.12 bits per heavy atom. The fraction of sp³-hybridized carbons (Fsp3) is 0.278. The second-order valence-corrected chi connectivity index (χ2v) is 5.93. The van der Waals surface area contributed by atoms with Gasteiger partial charge in [-0.2, -0.15) is 0 Å². The molecule has 0 saturated carbocycles. The largest absolute Gasteiger partial charge is 0.467 e. The molecule has 1 aliphatic rings. The van der Waals surface area contributed by atoms with E-state index in [1.807, 2.05) is 0 Å². The van der Waals surface area contributed by atoms with Gasteiger partial charge in [0.25, 0.3) is 0 Å². The van der Waals surface area contributed by atoms with Gasteiger partial charge in [0.2, 0.25) is 17.7 Å². The van der Waals surface area contributed by atoms with Crippen LogP contribution in [0.25, 0.3) is 0 Å². The number of benzene rings is 1. The third kappa shape index (κ3) is 4.06. The van der Waals surface area contributed by atoms with Crippen molar-refractivity contribution in [1.29, 1.82) is 0 Å². The molecule has 7 heteroatoms. The van der Waals surface area contributed by atoms with Gasteiger partial charge in [0.15, 0.2) is 0 Å². The van der Waals surface area contributed by atoms with E-state index < -0.39 is 5.92 Å². The molecular formula is C18H19N3O4. The van der Waals surface area contributed by atoms with Crippen molar-refractivity contribution in [1.82, 2.24) is 5.32 Å². The number of nitrogens with zero attached hydrogens (tertiary/aromatic N) is 1. The van der Waals surface area contributed by atoms with Crippen molar-refractivity contribution in [3.63, 3.8) is 0 Å². The summed E-state index contributed by atoms with van der Waals surface area (Å²) < 4.78 is 5.18. The summed E-state index contributed by atoms with van der Waals surface area (Å²) in [6.45, 7) is 2.04. The number of hydrogen-bond donors (Lipinski definition) is 2. The van der Waals surface area contributed by atoms with E-state index >= 15 is 0 Å². The zero-order chi connectivity index (χ0) is 17.8. The number of nitrogens with one attached hydrogen (secondary N) is 2. The van der Waals surface area contributed by atoms with Crippen LogP contribution in [-0.2, 0) is 20.9 Å². The van der Waals surface area contributed by atoms with E-state index in [1.54, 1.807) is 47.6 Å². The van der Waals surface area contributed by atoms with Crippen LogP contribution in [-0.4, -0.2) is 24.3 Å². The predicted molar refractivity (Wildman–Crippen MR) is 91.8 cm³/mol. The Bertz CT molecular complexity index is 785. The first-order chi connectivity index (χ1) is 12.0. The number of carbonyl (C=O) groups excluding carboxylic acids is 3. The van der Waals surface area contributed by atoms with Crippen LogP contribution in [0.15, 0.2) is 47.1 Å². The fourth-order valence-electron chi connectivity index (χ4n) is 2.82. The number of hydrogen-bond acceptors (Lipinski definition) is 4. The maximum atomic E-state index is 12.3. The van der Waals surface area contributed by atoms with Crippen LogP contribution < -0.4 is 15.5 Å². The molecule has 0 radical (unpaired) electrons. The highest BCUT2D eigenvalue weighted by Crippen LogP contribution is 2.27. The Morgan fingerprint density at radius 1 is 1.28 bits per heavy atom. The molecule has 130 valence electrons. The second kappa shape index (κ2) is 7.21. The first-order valence-corrected chi connectivity index (χ1v) is 8.01. The molecule has 3 amide bonds. The smallest absolute Gasteiger partial charge is 0.227 e. The molecule has 7 nitrogen and oxygen atoms in total. The summed E-state index contributed by atoms with van der Waals surface area (Å²) in [6, 6.07) is 10.6. The lowest BCUT2D eigenvalue weighted by Crippen LogP contribution is -2.32. The number of amides is 3. The Morgan fingerprint density at radius 3 is 2.84 bits per heavy atom. The Balaban J connectivity index is 1.63. The van der Waals surface area contributed by atoms with Gasteiger partial charge in [0, 0.05) is 31.3 Å². The molecule has 0 spiro atoms. The highest BCUT2D eigenvalue weighted by Gasteiger charge is 2.35. The SMILES string of the molecule is CC(=O)Nc1cccc(N2CC(C(=O)NCc3ccco3)CC2=O)c1. The maximum absolute atomic E-state index is 12.3. The fourth-order valence-corrected chi connectivity index (χ4v) is 2.82. The summed E-state index contributed by atoms with van der Waals surface area (Å²) in [6.07, 6.45) is 1.71. The van der Waals surface area contributed by atoms with Gasteiger partial charge < -0.3 is 20.0 Å². The lowest BCUT2D eigenvalue weighted by Gasteiger charge is -2.17. The monoisotopic (exact) mass is 341 g/mol. The molecule has 3 rings (SSSR count). The van der Waals surface area contributed by atoms with Crippen LogP contribution in [0.1, 0.15) is 19.1 Å². The van der Waals surface area contributed by atoms with E-state index in [9.17, 15) is 14.4 Å². The van der Waals surface area contributed by atoms with Crippen molar-refractivity contribution in [2.75, 3.05) is 16.8 Å². The van der Waals surface area contributed by atoms with Crippen LogP contribution >= 0.6 is 0 Å². The Kier molecular flexibility index (Phi) is 4.83. The molecule has 2 heterocycles. The van der Waals surface area contributed by atoms with Gasteiger partial charge in [-0.25, -0.2) is 0 Å². The van der Waals surface area contributed by atoms with E-state index in [-0.39, 0.29) is 24.1 Å². The normalized spacial score (nSPS) is 16.8. The Labute approximate surface area is 145 Å². The summed E-state index contributed by atoms with van der Waals surface area (Å²) in [5.41, 5.74) is 1.28. The summed E-state index contributed by atoms with van der Waals surface area (Å²) in [7, 11) is 0. The highest BCUT2D eigenvalue weighted by molar-refractivity contribution is 6.01. The van der Waals surface area contributed by atoms with Crippen molar-refractivity contribution < 1.29 is 18.8 Å². The average molecular weight is 341 g/mol. The van der Waals surface area contributed by atoms with E-state index in [4.69, 9.17) is 4.42 Å². The second-order valence-electron chi connectivity index (χ2n) is 5.93. The van der Waals surface area contributed by atoms with Crippen LogP contribution in [0.5, 0.6) is 0 Å². The van der Waals surface area contributed by atoms with Crippen molar-refractivity contribution >= 4 is 29.1 Å². The van der Waals surface area contributed by atoms with E-state index in [2.05, 4.69) is 10.6 Å².